The minimum absolute atomic E-state index is 0.823. The fourth-order valence-electron chi connectivity index (χ4n) is 1.12. The van der Waals surface area contributed by atoms with Gasteiger partial charge in [-0.3, -0.25) is 0 Å². The van der Waals surface area contributed by atoms with Gasteiger partial charge in [0.2, 0.25) is 0 Å². The summed E-state index contributed by atoms with van der Waals surface area (Å²) in [5.41, 5.74) is 0. The summed E-state index contributed by atoms with van der Waals surface area (Å²) < 4.78 is 0. The molecule has 0 amide bonds. The van der Waals surface area contributed by atoms with Crippen LogP contribution in [0.3, 0.4) is 0 Å². The average Bonchev–Trinajstić information content (AvgIpc) is 1.77. The van der Waals surface area contributed by atoms with Crippen molar-refractivity contribution in [3.8, 4) is 0 Å². The van der Waals surface area contributed by atoms with Crippen molar-refractivity contribution in [2.75, 3.05) is 0 Å². The minimum Gasteiger partial charge on any atom is -0.0882 e. The molecule has 46 valence electrons. The van der Waals surface area contributed by atoms with E-state index < -0.39 is 0 Å². The molecule has 0 heterocycles. The second-order valence-electron chi connectivity index (χ2n) is 2.84. The first kappa shape index (κ1) is 5.87. The Balaban J connectivity index is 2.47. The SMILES string of the molecule is CC1CCC=C[C@@H]1C. The molecule has 1 unspecified atom stereocenters. The molecule has 0 fully saturated rings. The normalized spacial score (nSPS) is 37.8. The molecule has 0 bridgehead atoms. The zero-order chi connectivity index (χ0) is 5.98. The maximum atomic E-state index is 2.33. The highest BCUT2D eigenvalue weighted by Gasteiger charge is 2.10. The van der Waals surface area contributed by atoms with Crippen LogP contribution >= 0.6 is 0 Å². The van der Waals surface area contributed by atoms with E-state index in [0.717, 1.165) is 11.8 Å². The van der Waals surface area contributed by atoms with Gasteiger partial charge in [0.15, 0.2) is 0 Å². The third kappa shape index (κ3) is 1.12. The van der Waals surface area contributed by atoms with Crippen molar-refractivity contribution < 1.29 is 0 Å². The van der Waals surface area contributed by atoms with Gasteiger partial charge in [0.1, 0.15) is 0 Å². The third-order valence-corrected chi connectivity index (χ3v) is 2.13. The summed E-state index contributed by atoms with van der Waals surface area (Å²) in [6.07, 6.45) is 7.31. The molecule has 0 aliphatic heterocycles. The Kier molecular flexibility index (Phi) is 1.72. The summed E-state index contributed by atoms with van der Waals surface area (Å²) >= 11 is 0. The molecule has 8 heavy (non-hydrogen) atoms. The van der Waals surface area contributed by atoms with Gasteiger partial charge in [-0.25, -0.2) is 0 Å². The van der Waals surface area contributed by atoms with E-state index in [0.29, 0.717) is 0 Å². The fraction of sp³-hybridized carbons (Fsp3) is 0.750. The Bertz CT molecular complexity index is 92.2. The molecule has 0 nitrogen and oxygen atoms in total. The Hall–Kier alpha value is -0.260. The maximum Gasteiger partial charge on any atom is -0.0236 e. The van der Waals surface area contributed by atoms with Crippen LogP contribution in [0.4, 0.5) is 0 Å². The molecular formula is C8H14. The standard InChI is InChI=1S/C8H14/c1-7-5-3-4-6-8(7)2/h3,5,7-8H,4,6H2,1-2H3/t7-,8?/m0/s1. The van der Waals surface area contributed by atoms with E-state index in [9.17, 15) is 0 Å². The second-order valence-corrected chi connectivity index (χ2v) is 2.84. The van der Waals surface area contributed by atoms with E-state index in [-0.39, 0.29) is 0 Å². The van der Waals surface area contributed by atoms with E-state index in [1.807, 2.05) is 0 Å². The number of allylic oxidation sites excluding steroid dienone is 2. The van der Waals surface area contributed by atoms with Crippen molar-refractivity contribution in [2.24, 2.45) is 11.8 Å². The summed E-state index contributed by atoms with van der Waals surface area (Å²) in [5, 5.41) is 0. The number of hydrogen-bond acceptors (Lipinski definition) is 0. The average molecular weight is 110 g/mol. The van der Waals surface area contributed by atoms with Crippen LogP contribution in [0.2, 0.25) is 0 Å². The van der Waals surface area contributed by atoms with Crippen LogP contribution in [0, 0.1) is 11.8 Å². The molecule has 0 heteroatoms. The highest BCUT2D eigenvalue weighted by molar-refractivity contribution is 4.93. The molecule has 0 spiro atoms. The van der Waals surface area contributed by atoms with Crippen LogP contribution in [-0.2, 0) is 0 Å². The number of hydrogen-bond donors (Lipinski definition) is 0. The first-order chi connectivity index (χ1) is 3.80. The minimum atomic E-state index is 0.823. The van der Waals surface area contributed by atoms with E-state index in [4.69, 9.17) is 0 Å². The summed E-state index contributed by atoms with van der Waals surface area (Å²) in [7, 11) is 0. The van der Waals surface area contributed by atoms with E-state index >= 15 is 0 Å². The first-order valence-electron chi connectivity index (χ1n) is 3.47. The lowest BCUT2D eigenvalue weighted by molar-refractivity contribution is 0.413. The molecule has 2 atom stereocenters. The van der Waals surface area contributed by atoms with Gasteiger partial charge in [-0.05, 0) is 24.7 Å². The lowest BCUT2D eigenvalue weighted by Crippen LogP contribution is -2.07. The fourth-order valence-corrected chi connectivity index (χ4v) is 1.12. The van der Waals surface area contributed by atoms with Crippen molar-refractivity contribution in [1.29, 1.82) is 0 Å². The van der Waals surface area contributed by atoms with Crippen LogP contribution in [0.1, 0.15) is 26.7 Å². The quantitative estimate of drug-likeness (QED) is 0.420. The maximum absolute atomic E-state index is 2.33. The van der Waals surface area contributed by atoms with Crippen LogP contribution in [-0.4, -0.2) is 0 Å². The van der Waals surface area contributed by atoms with Crippen molar-refractivity contribution in [3.63, 3.8) is 0 Å². The number of rotatable bonds is 0. The molecule has 0 aromatic carbocycles. The summed E-state index contributed by atoms with van der Waals surface area (Å²) in [6, 6.07) is 0. The van der Waals surface area contributed by atoms with Crippen molar-refractivity contribution in [3.05, 3.63) is 12.2 Å². The highest BCUT2D eigenvalue weighted by Crippen LogP contribution is 2.22. The van der Waals surface area contributed by atoms with Gasteiger partial charge in [0.05, 0.1) is 0 Å². The monoisotopic (exact) mass is 110 g/mol. The van der Waals surface area contributed by atoms with Gasteiger partial charge < -0.3 is 0 Å². The molecule has 0 aromatic heterocycles. The molecule has 1 rings (SSSR count). The Morgan fingerprint density at radius 2 is 2.12 bits per heavy atom. The third-order valence-electron chi connectivity index (χ3n) is 2.13. The van der Waals surface area contributed by atoms with Crippen LogP contribution < -0.4 is 0 Å². The van der Waals surface area contributed by atoms with E-state index in [1.54, 1.807) is 0 Å². The van der Waals surface area contributed by atoms with Crippen molar-refractivity contribution in [2.45, 2.75) is 26.7 Å². The smallest absolute Gasteiger partial charge is 0.0236 e. The van der Waals surface area contributed by atoms with Crippen molar-refractivity contribution >= 4 is 0 Å². The van der Waals surface area contributed by atoms with Gasteiger partial charge in [0, 0.05) is 0 Å². The lowest BCUT2D eigenvalue weighted by Gasteiger charge is -2.19. The zero-order valence-corrected chi connectivity index (χ0v) is 5.72. The molecule has 1 aliphatic carbocycles. The predicted molar refractivity (Wildman–Crippen MR) is 36.7 cm³/mol. The molecule has 0 aromatic rings. The van der Waals surface area contributed by atoms with E-state index in [1.165, 1.54) is 12.8 Å². The van der Waals surface area contributed by atoms with Crippen LogP contribution in [0.5, 0.6) is 0 Å². The van der Waals surface area contributed by atoms with Gasteiger partial charge in [-0.15, -0.1) is 0 Å². The Morgan fingerprint density at radius 3 is 2.50 bits per heavy atom. The highest BCUT2D eigenvalue weighted by atomic mass is 14.2. The van der Waals surface area contributed by atoms with Gasteiger partial charge >= 0.3 is 0 Å². The second kappa shape index (κ2) is 2.34. The molecular weight excluding hydrogens is 96.1 g/mol. The summed E-state index contributed by atoms with van der Waals surface area (Å²) in [4.78, 5) is 0. The molecule has 0 saturated carbocycles. The van der Waals surface area contributed by atoms with Gasteiger partial charge in [0.25, 0.3) is 0 Å². The topological polar surface area (TPSA) is 0 Å². The lowest BCUT2D eigenvalue weighted by atomic mass is 9.87. The predicted octanol–water partition coefficient (Wildman–Crippen LogP) is 2.61. The summed E-state index contributed by atoms with van der Waals surface area (Å²) in [5.74, 6) is 1.74. The largest absolute Gasteiger partial charge is 0.0882 e. The van der Waals surface area contributed by atoms with Crippen LogP contribution in [0.15, 0.2) is 12.2 Å². The molecule has 1 aliphatic rings. The van der Waals surface area contributed by atoms with Crippen LogP contribution in [0.25, 0.3) is 0 Å². The zero-order valence-electron chi connectivity index (χ0n) is 5.72. The Labute approximate surface area is 51.6 Å². The first-order valence-corrected chi connectivity index (χ1v) is 3.47. The molecule has 0 radical (unpaired) electrons. The molecule has 0 N–H and O–H groups in total. The van der Waals surface area contributed by atoms with Crippen molar-refractivity contribution in [1.82, 2.24) is 0 Å². The summed E-state index contributed by atoms with van der Waals surface area (Å²) in [6.45, 7) is 4.62. The Morgan fingerprint density at radius 1 is 1.38 bits per heavy atom. The van der Waals surface area contributed by atoms with Gasteiger partial charge in [-0.2, -0.15) is 0 Å². The molecule has 0 saturated heterocycles. The van der Waals surface area contributed by atoms with E-state index in [2.05, 4.69) is 26.0 Å². The van der Waals surface area contributed by atoms with Gasteiger partial charge in [-0.1, -0.05) is 26.0 Å².